The highest BCUT2D eigenvalue weighted by Crippen LogP contribution is 2.36. The summed E-state index contributed by atoms with van der Waals surface area (Å²) in [5.74, 6) is 0.993. The summed E-state index contributed by atoms with van der Waals surface area (Å²) in [7, 11) is 4.75. The van der Waals surface area contributed by atoms with Crippen LogP contribution in [0.3, 0.4) is 0 Å². The molecule has 9 heteroatoms. The smallest absolute Gasteiger partial charge is 0.318 e. The first-order chi connectivity index (χ1) is 17.2. The summed E-state index contributed by atoms with van der Waals surface area (Å²) in [4.78, 5) is 28.0. The number of urea groups is 1. The second kappa shape index (κ2) is 11.9. The van der Waals surface area contributed by atoms with E-state index in [9.17, 15) is 9.59 Å². The maximum Gasteiger partial charge on any atom is 0.318 e. The Hall–Kier alpha value is -3.59. The van der Waals surface area contributed by atoms with Crippen LogP contribution in [0.2, 0.25) is 0 Å². The molecule has 0 bridgehead atoms. The maximum atomic E-state index is 13.6. The van der Waals surface area contributed by atoms with E-state index in [2.05, 4.69) is 5.32 Å². The number of amides is 3. The summed E-state index contributed by atoms with van der Waals surface area (Å²) in [6.07, 6.45) is 0.505. The number of nitrogens with one attached hydrogen (secondary N) is 1. The van der Waals surface area contributed by atoms with Crippen LogP contribution >= 0.6 is 0 Å². The number of rotatable bonds is 9. The molecule has 2 aromatic carbocycles. The largest absolute Gasteiger partial charge is 0.497 e. The number of ether oxygens (including phenoxy) is 3. The normalized spacial score (nSPS) is 15.3. The lowest BCUT2D eigenvalue weighted by molar-refractivity contribution is -0.133. The number of nitrogens with zero attached hydrogens (tertiary/aromatic N) is 3. The first-order valence-electron chi connectivity index (χ1n) is 11.9. The summed E-state index contributed by atoms with van der Waals surface area (Å²) in [5.41, 5.74) is 2.03. The molecule has 194 valence electrons. The van der Waals surface area contributed by atoms with Crippen molar-refractivity contribution >= 4 is 17.6 Å². The zero-order valence-corrected chi connectivity index (χ0v) is 21.9. The Kier molecular flexibility index (Phi) is 8.93. The summed E-state index contributed by atoms with van der Waals surface area (Å²) in [6, 6.07) is 14.6. The first kappa shape index (κ1) is 27.0. The lowest BCUT2D eigenvalue weighted by atomic mass is 9.98. The molecular weight excluding hydrogens is 460 g/mol. The van der Waals surface area contributed by atoms with Gasteiger partial charge in [0, 0.05) is 37.2 Å². The highest BCUT2D eigenvalue weighted by molar-refractivity contribution is 6.05. The number of carbonyl (C=O) groups excluding carboxylic acids is 2. The van der Waals surface area contributed by atoms with Crippen molar-refractivity contribution in [2.75, 3.05) is 41.0 Å². The fourth-order valence-corrected chi connectivity index (χ4v) is 3.96. The molecule has 1 atom stereocenters. The van der Waals surface area contributed by atoms with Gasteiger partial charge in [0.1, 0.15) is 18.0 Å². The van der Waals surface area contributed by atoms with Gasteiger partial charge in [-0.05, 0) is 38.5 Å². The Morgan fingerprint density at radius 2 is 1.81 bits per heavy atom. The molecule has 0 radical (unpaired) electrons. The Morgan fingerprint density at radius 3 is 2.42 bits per heavy atom. The third-order valence-electron chi connectivity index (χ3n) is 5.73. The molecule has 0 unspecified atom stereocenters. The summed E-state index contributed by atoms with van der Waals surface area (Å²) < 4.78 is 16.1. The van der Waals surface area contributed by atoms with Gasteiger partial charge < -0.3 is 24.4 Å². The summed E-state index contributed by atoms with van der Waals surface area (Å²) >= 11 is 0. The Balaban J connectivity index is 1.93. The lowest BCUT2D eigenvalue weighted by Crippen LogP contribution is -2.52. The van der Waals surface area contributed by atoms with Gasteiger partial charge in [-0.15, -0.1) is 0 Å². The fraction of sp³-hybridized carbons (Fsp3) is 0.444. The van der Waals surface area contributed by atoms with Crippen molar-refractivity contribution in [3.63, 3.8) is 0 Å². The molecule has 0 spiro atoms. The van der Waals surface area contributed by atoms with Crippen LogP contribution in [0.5, 0.6) is 11.5 Å². The van der Waals surface area contributed by atoms with E-state index in [4.69, 9.17) is 19.3 Å². The molecule has 3 amide bonds. The first-order valence-corrected chi connectivity index (χ1v) is 11.9. The van der Waals surface area contributed by atoms with Crippen LogP contribution in [-0.4, -0.2) is 74.1 Å². The summed E-state index contributed by atoms with van der Waals surface area (Å²) in [5, 5.41) is 9.15. The van der Waals surface area contributed by atoms with Crippen LogP contribution < -0.4 is 14.8 Å². The Bertz CT molecular complexity index is 1080. The zero-order valence-electron chi connectivity index (χ0n) is 21.9. The Morgan fingerprint density at radius 1 is 1.08 bits per heavy atom. The summed E-state index contributed by atoms with van der Waals surface area (Å²) in [6.45, 7) is 6.14. The van der Waals surface area contributed by atoms with Gasteiger partial charge in [0.15, 0.2) is 0 Å². The van der Waals surface area contributed by atoms with Gasteiger partial charge in [-0.2, -0.15) is 5.10 Å². The average molecular weight is 497 g/mol. The minimum Gasteiger partial charge on any atom is -0.497 e. The molecule has 0 aromatic heterocycles. The monoisotopic (exact) mass is 496 g/mol. The van der Waals surface area contributed by atoms with Gasteiger partial charge >= 0.3 is 6.03 Å². The number of hydrogen-bond acceptors (Lipinski definition) is 6. The van der Waals surface area contributed by atoms with Crippen LogP contribution in [0.4, 0.5) is 4.79 Å². The van der Waals surface area contributed by atoms with Crippen LogP contribution in [0.25, 0.3) is 0 Å². The van der Waals surface area contributed by atoms with Gasteiger partial charge in [-0.1, -0.05) is 30.3 Å². The number of benzene rings is 2. The maximum absolute atomic E-state index is 13.6. The standard InChI is InChI=1S/C27H36N4O5/c1-27(2,3)28-26(33)30(14-15-34-4)18-25(32)31-23(19-10-8-7-9-11-19)17-22(29-31)21-13-12-20(35-5)16-24(21)36-6/h7-13,16,23H,14-15,17-18H2,1-6H3,(H,28,33)/t23-/m1/s1. The van der Waals surface area contributed by atoms with Crippen LogP contribution in [0, 0.1) is 0 Å². The SMILES string of the molecule is COCCN(CC(=O)N1N=C(c2ccc(OC)cc2OC)C[C@@H]1c1ccccc1)C(=O)NC(C)(C)C. The van der Waals surface area contributed by atoms with E-state index in [0.717, 1.165) is 16.8 Å². The number of methoxy groups -OCH3 is 3. The molecule has 0 saturated heterocycles. The highest BCUT2D eigenvalue weighted by Gasteiger charge is 2.35. The zero-order chi connectivity index (χ0) is 26.3. The number of hydrazone groups is 1. The average Bonchev–Trinajstić information content (AvgIpc) is 3.31. The molecule has 1 aliphatic heterocycles. The van der Waals surface area contributed by atoms with Crippen LogP contribution in [-0.2, 0) is 9.53 Å². The molecule has 36 heavy (non-hydrogen) atoms. The van der Waals surface area contributed by atoms with E-state index < -0.39 is 5.54 Å². The van der Waals surface area contributed by atoms with Crippen molar-refractivity contribution in [2.24, 2.45) is 5.10 Å². The molecule has 3 rings (SSSR count). The number of carbonyl (C=O) groups is 2. The Labute approximate surface area is 213 Å². The predicted octanol–water partition coefficient (Wildman–Crippen LogP) is 3.84. The minimum absolute atomic E-state index is 0.134. The number of hydrogen-bond donors (Lipinski definition) is 1. The third kappa shape index (κ3) is 6.75. The highest BCUT2D eigenvalue weighted by atomic mass is 16.5. The molecule has 0 fully saturated rings. The van der Waals surface area contributed by atoms with Crippen LogP contribution in [0.15, 0.2) is 53.6 Å². The van der Waals surface area contributed by atoms with Gasteiger partial charge in [0.25, 0.3) is 5.91 Å². The topological polar surface area (TPSA) is 92.7 Å². The molecule has 2 aromatic rings. The quantitative estimate of drug-likeness (QED) is 0.570. The molecule has 0 saturated carbocycles. The molecule has 1 heterocycles. The molecule has 9 nitrogen and oxygen atoms in total. The van der Waals surface area contributed by atoms with Crippen LogP contribution in [0.1, 0.15) is 44.4 Å². The van der Waals surface area contributed by atoms with E-state index in [0.29, 0.717) is 24.5 Å². The molecule has 1 aliphatic rings. The van der Waals surface area contributed by atoms with Crippen molar-refractivity contribution in [2.45, 2.75) is 38.8 Å². The van der Waals surface area contributed by atoms with E-state index >= 15 is 0 Å². The van der Waals surface area contributed by atoms with Crippen molar-refractivity contribution in [3.05, 3.63) is 59.7 Å². The van der Waals surface area contributed by atoms with Gasteiger partial charge in [-0.3, -0.25) is 4.79 Å². The van der Waals surface area contributed by atoms with Crippen molar-refractivity contribution < 1.29 is 23.8 Å². The second-order valence-electron chi connectivity index (χ2n) is 9.58. The van der Waals surface area contributed by atoms with Crippen molar-refractivity contribution in [3.8, 4) is 11.5 Å². The lowest BCUT2D eigenvalue weighted by Gasteiger charge is -2.30. The van der Waals surface area contributed by atoms with E-state index in [1.807, 2.05) is 63.2 Å². The van der Waals surface area contributed by atoms with E-state index in [1.165, 1.54) is 9.91 Å². The van der Waals surface area contributed by atoms with E-state index in [1.54, 1.807) is 27.4 Å². The second-order valence-corrected chi connectivity index (χ2v) is 9.58. The molecule has 1 N–H and O–H groups in total. The van der Waals surface area contributed by atoms with Crippen molar-refractivity contribution in [1.82, 2.24) is 15.2 Å². The molecule has 0 aliphatic carbocycles. The molecular formula is C27H36N4O5. The third-order valence-corrected chi connectivity index (χ3v) is 5.73. The van der Waals surface area contributed by atoms with E-state index in [-0.39, 0.29) is 31.1 Å². The predicted molar refractivity (Wildman–Crippen MR) is 138 cm³/mol. The van der Waals surface area contributed by atoms with Gasteiger partial charge in [0.2, 0.25) is 0 Å². The van der Waals surface area contributed by atoms with Crippen molar-refractivity contribution in [1.29, 1.82) is 0 Å². The van der Waals surface area contributed by atoms with Gasteiger partial charge in [0.05, 0.1) is 32.6 Å². The fourth-order valence-electron chi connectivity index (χ4n) is 3.96. The van der Waals surface area contributed by atoms with Gasteiger partial charge in [-0.25, -0.2) is 9.80 Å². The minimum atomic E-state index is -0.443.